The fourth-order valence-electron chi connectivity index (χ4n) is 2.66. The van der Waals surface area contributed by atoms with Gasteiger partial charge in [0.2, 0.25) is 5.91 Å². The molecule has 2 aliphatic heterocycles. The fraction of sp³-hybridized carbons (Fsp3) is 0.818. The molecule has 2 fully saturated rings. The van der Waals surface area contributed by atoms with Crippen molar-refractivity contribution in [3.8, 4) is 0 Å². The normalized spacial score (nSPS) is 34.3. The minimum Gasteiger partial charge on any atom is -0.480 e. The first kappa shape index (κ1) is 11.4. The maximum atomic E-state index is 12.3. The van der Waals surface area contributed by atoms with Crippen LogP contribution in [0.4, 0.5) is 0 Å². The van der Waals surface area contributed by atoms with E-state index in [1.807, 2.05) is 6.92 Å². The molecule has 5 heteroatoms. The fourth-order valence-corrected chi connectivity index (χ4v) is 2.66. The van der Waals surface area contributed by atoms with Gasteiger partial charge >= 0.3 is 5.97 Å². The topological polar surface area (TPSA) is 69.6 Å². The van der Waals surface area contributed by atoms with Crippen molar-refractivity contribution in [2.45, 2.75) is 44.2 Å². The number of likely N-dealkylation sites (tertiary alicyclic amines) is 1. The first-order valence-electron chi connectivity index (χ1n) is 5.83. The van der Waals surface area contributed by atoms with Gasteiger partial charge in [0.1, 0.15) is 6.04 Å². The zero-order valence-corrected chi connectivity index (χ0v) is 9.53. The Labute approximate surface area is 94.8 Å². The van der Waals surface area contributed by atoms with E-state index in [-0.39, 0.29) is 5.91 Å². The summed E-state index contributed by atoms with van der Waals surface area (Å²) in [6.45, 7) is 3.29. The van der Waals surface area contributed by atoms with E-state index in [1.54, 1.807) is 0 Å². The van der Waals surface area contributed by atoms with Gasteiger partial charge in [0, 0.05) is 6.54 Å². The summed E-state index contributed by atoms with van der Waals surface area (Å²) in [5.74, 6) is -0.928. The predicted molar refractivity (Wildman–Crippen MR) is 58.0 cm³/mol. The average molecular weight is 226 g/mol. The SMILES string of the molecule is CC1(C(=O)N2CCCC2C(=O)O)CCCN1. The summed E-state index contributed by atoms with van der Waals surface area (Å²) < 4.78 is 0. The molecule has 0 aromatic rings. The van der Waals surface area contributed by atoms with E-state index in [9.17, 15) is 9.59 Å². The van der Waals surface area contributed by atoms with Crippen molar-refractivity contribution in [3.05, 3.63) is 0 Å². The summed E-state index contributed by atoms with van der Waals surface area (Å²) >= 11 is 0. The summed E-state index contributed by atoms with van der Waals surface area (Å²) in [6.07, 6.45) is 3.15. The van der Waals surface area contributed by atoms with Crippen LogP contribution in [0.2, 0.25) is 0 Å². The summed E-state index contributed by atoms with van der Waals surface area (Å²) in [5, 5.41) is 12.2. The van der Waals surface area contributed by atoms with Gasteiger partial charge in [-0.15, -0.1) is 0 Å². The van der Waals surface area contributed by atoms with E-state index < -0.39 is 17.6 Å². The quantitative estimate of drug-likeness (QED) is 0.706. The molecule has 0 radical (unpaired) electrons. The van der Waals surface area contributed by atoms with E-state index in [4.69, 9.17) is 5.11 Å². The Bertz CT molecular complexity index is 310. The molecular weight excluding hydrogens is 208 g/mol. The van der Waals surface area contributed by atoms with Crippen LogP contribution in [0.25, 0.3) is 0 Å². The monoisotopic (exact) mass is 226 g/mol. The van der Waals surface area contributed by atoms with Crippen molar-refractivity contribution in [1.29, 1.82) is 0 Å². The summed E-state index contributed by atoms with van der Waals surface area (Å²) in [7, 11) is 0. The van der Waals surface area contributed by atoms with E-state index in [1.165, 1.54) is 4.90 Å². The molecule has 5 nitrogen and oxygen atoms in total. The zero-order valence-electron chi connectivity index (χ0n) is 9.53. The molecule has 1 amide bonds. The van der Waals surface area contributed by atoms with Gasteiger partial charge in [-0.2, -0.15) is 0 Å². The lowest BCUT2D eigenvalue weighted by Crippen LogP contribution is -2.55. The highest BCUT2D eigenvalue weighted by Gasteiger charge is 2.44. The third-order valence-corrected chi connectivity index (χ3v) is 3.64. The number of nitrogens with one attached hydrogen (secondary N) is 1. The maximum absolute atomic E-state index is 12.3. The number of carboxylic acid groups (broad SMARTS) is 1. The molecule has 2 aliphatic rings. The summed E-state index contributed by atoms with van der Waals surface area (Å²) in [6, 6.07) is -0.619. The molecule has 90 valence electrons. The largest absolute Gasteiger partial charge is 0.480 e. The van der Waals surface area contributed by atoms with Gasteiger partial charge < -0.3 is 15.3 Å². The van der Waals surface area contributed by atoms with Crippen molar-refractivity contribution in [1.82, 2.24) is 10.2 Å². The number of hydrogen-bond donors (Lipinski definition) is 2. The van der Waals surface area contributed by atoms with Crippen LogP contribution in [-0.2, 0) is 9.59 Å². The van der Waals surface area contributed by atoms with E-state index >= 15 is 0 Å². The lowest BCUT2D eigenvalue weighted by Gasteiger charge is -2.31. The maximum Gasteiger partial charge on any atom is 0.326 e. The van der Waals surface area contributed by atoms with Gasteiger partial charge in [0.05, 0.1) is 5.54 Å². The second-order valence-corrected chi connectivity index (χ2v) is 4.86. The zero-order chi connectivity index (χ0) is 11.8. The van der Waals surface area contributed by atoms with E-state index in [2.05, 4.69) is 5.32 Å². The second-order valence-electron chi connectivity index (χ2n) is 4.86. The van der Waals surface area contributed by atoms with Crippen LogP contribution in [-0.4, -0.2) is 46.6 Å². The van der Waals surface area contributed by atoms with Gasteiger partial charge in [0.25, 0.3) is 0 Å². The van der Waals surface area contributed by atoms with Crippen molar-refractivity contribution in [2.24, 2.45) is 0 Å². The molecule has 2 heterocycles. The lowest BCUT2D eigenvalue weighted by molar-refractivity contribution is -0.150. The molecule has 2 rings (SSSR count). The number of carbonyl (C=O) groups is 2. The molecule has 2 N–H and O–H groups in total. The first-order chi connectivity index (χ1) is 7.54. The van der Waals surface area contributed by atoms with E-state index in [0.29, 0.717) is 13.0 Å². The molecule has 0 saturated carbocycles. The van der Waals surface area contributed by atoms with Crippen LogP contribution >= 0.6 is 0 Å². The Morgan fingerprint density at radius 1 is 1.44 bits per heavy atom. The molecule has 0 aromatic heterocycles. The van der Waals surface area contributed by atoms with Crippen LogP contribution in [0, 0.1) is 0 Å². The summed E-state index contributed by atoms with van der Waals surface area (Å²) in [4.78, 5) is 24.8. The molecular formula is C11H18N2O3. The number of carboxylic acids is 1. The minimum atomic E-state index is -0.882. The van der Waals surface area contributed by atoms with Crippen molar-refractivity contribution in [2.75, 3.05) is 13.1 Å². The Hall–Kier alpha value is -1.10. The number of hydrogen-bond acceptors (Lipinski definition) is 3. The van der Waals surface area contributed by atoms with E-state index in [0.717, 1.165) is 25.8 Å². The Morgan fingerprint density at radius 2 is 2.19 bits per heavy atom. The first-order valence-corrected chi connectivity index (χ1v) is 5.83. The van der Waals surface area contributed by atoms with Crippen molar-refractivity contribution in [3.63, 3.8) is 0 Å². The molecule has 0 bridgehead atoms. The number of carbonyl (C=O) groups excluding carboxylic acids is 1. The van der Waals surface area contributed by atoms with Crippen LogP contribution in [0.1, 0.15) is 32.6 Å². The Balaban J connectivity index is 2.12. The molecule has 2 unspecified atom stereocenters. The third kappa shape index (κ3) is 1.80. The number of amides is 1. The van der Waals surface area contributed by atoms with Gasteiger partial charge in [-0.1, -0.05) is 0 Å². The smallest absolute Gasteiger partial charge is 0.326 e. The highest BCUT2D eigenvalue weighted by atomic mass is 16.4. The third-order valence-electron chi connectivity index (χ3n) is 3.64. The minimum absolute atomic E-state index is 0.0464. The highest BCUT2D eigenvalue weighted by molar-refractivity contribution is 5.90. The van der Waals surface area contributed by atoms with Crippen molar-refractivity contribution < 1.29 is 14.7 Å². The van der Waals surface area contributed by atoms with Gasteiger partial charge in [-0.3, -0.25) is 4.79 Å². The molecule has 0 aliphatic carbocycles. The number of rotatable bonds is 2. The average Bonchev–Trinajstić information content (AvgIpc) is 2.85. The predicted octanol–water partition coefficient (Wildman–Crippen LogP) is 0.204. The van der Waals surface area contributed by atoms with Crippen LogP contribution in [0.15, 0.2) is 0 Å². The number of aliphatic carboxylic acids is 1. The van der Waals surface area contributed by atoms with Crippen LogP contribution < -0.4 is 5.32 Å². The molecule has 0 aromatic carbocycles. The molecule has 0 spiro atoms. The molecule has 16 heavy (non-hydrogen) atoms. The standard InChI is InChI=1S/C11H18N2O3/c1-11(5-3-6-12-11)10(16)13-7-2-4-8(13)9(14)15/h8,12H,2-7H2,1H3,(H,14,15). The lowest BCUT2D eigenvalue weighted by atomic mass is 9.98. The molecule has 2 saturated heterocycles. The van der Waals surface area contributed by atoms with Gasteiger partial charge in [-0.25, -0.2) is 4.79 Å². The second kappa shape index (κ2) is 4.05. The number of nitrogens with zero attached hydrogens (tertiary/aromatic N) is 1. The summed E-state index contributed by atoms with van der Waals surface area (Å²) in [5.41, 5.74) is -0.544. The Kier molecular flexibility index (Phi) is 2.88. The van der Waals surface area contributed by atoms with Gasteiger partial charge in [-0.05, 0) is 39.2 Å². The highest BCUT2D eigenvalue weighted by Crippen LogP contribution is 2.26. The van der Waals surface area contributed by atoms with Crippen LogP contribution in [0.5, 0.6) is 0 Å². The Morgan fingerprint density at radius 3 is 2.75 bits per heavy atom. The van der Waals surface area contributed by atoms with Gasteiger partial charge in [0.15, 0.2) is 0 Å². The van der Waals surface area contributed by atoms with Crippen LogP contribution in [0.3, 0.4) is 0 Å². The molecule has 2 atom stereocenters. The van der Waals surface area contributed by atoms with Crippen molar-refractivity contribution >= 4 is 11.9 Å².